The van der Waals surface area contributed by atoms with Crippen LogP contribution in [0.3, 0.4) is 0 Å². The molecule has 4 N–H and O–H groups in total. The summed E-state index contributed by atoms with van der Waals surface area (Å²) in [5.74, 6) is 5.85. The molecule has 0 atom stereocenters. The molecule has 0 spiro atoms. The molecule has 0 radical (unpaired) electrons. The molecule has 110 valence electrons. The number of anilines is 2. The Bertz CT molecular complexity index is 679. The van der Waals surface area contributed by atoms with Gasteiger partial charge in [-0.05, 0) is 40.2 Å². The summed E-state index contributed by atoms with van der Waals surface area (Å²) in [6.07, 6.45) is 1.55. The molecule has 1 heterocycles. The first-order valence-corrected chi connectivity index (χ1v) is 7.40. The maximum absolute atomic E-state index is 12.4. The Labute approximate surface area is 138 Å². The van der Waals surface area contributed by atoms with Gasteiger partial charge in [-0.2, -0.15) is 0 Å². The van der Waals surface area contributed by atoms with Gasteiger partial charge in [-0.3, -0.25) is 4.79 Å². The van der Waals surface area contributed by atoms with Gasteiger partial charge < -0.3 is 15.5 Å². The number of nitrogen functional groups attached to an aromatic ring is 1. The molecule has 1 aromatic heterocycles. The topological polar surface area (TPSA) is 89.3 Å². The van der Waals surface area contributed by atoms with Gasteiger partial charge in [-0.15, -0.1) is 0 Å². The fourth-order valence-corrected chi connectivity index (χ4v) is 2.39. The molecule has 2 aromatic rings. The van der Waals surface area contributed by atoms with Crippen LogP contribution in [-0.4, -0.2) is 18.0 Å². The van der Waals surface area contributed by atoms with E-state index in [0.717, 1.165) is 4.47 Å². The van der Waals surface area contributed by atoms with E-state index in [1.807, 2.05) is 6.07 Å². The Morgan fingerprint density at radius 3 is 2.71 bits per heavy atom. The predicted octanol–water partition coefficient (Wildman–Crippen LogP) is 3.15. The molecule has 0 aliphatic rings. The first-order chi connectivity index (χ1) is 10.0. The average molecular weight is 416 g/mol. The molecule has 8 heteroatoms. The van der Waals surface area contributed by atoms with Gasteiger partial charge in [0.15, 0.2) is 5.82 Å². The van der Waals surface area contributed by atoms with Gasteiger partial charge in [0.1, 0.15) is 5.75 Å². The van der Waals surface area contributed by atoms with Crippen molar-refractivity contribution in [1.29, 1.82) is 0 Å². The number of carbonyl (C=O) groups is 1. The van der Waals surface area contributed by atoms with Crippen LogP contribution < -0.4 is 21.3 Å². The van der Waals surface area contributed by atoms with E-state index in [1.165, 1.54) is 7.11 Å². The minimum atomic E-state index is -0.354. The first-order valence-electron chi connectivity index (χ1n) is 5.82. The van der Waals surface area contributed by atoms with Crippen LogP contribution in [0.4, 0.5) is 11.5 Å². The first kappa shape index (κ1) is 15.7. The van der Waals surface area contributed by atoms with Crippen molar-refractivity contribution in [1.82, 2.24) is 4.98 Å². The van der Waals surface area contributed by atoms with Gasteiger partial charge in [-0.25, -0.2) is 10.8 Å². The summed E-state index contributed by atoms with van der Waals surface area (Å²) in [7, 11) is 1.53. The molecule has 0 bridgehead atoms. The van der Waals surface area contributed by atoms with E-state index in [-0.39, 0.29) is 11.7 Å². The molecule has 0 unspecified atom stereocenters. The molecular weight excluding hydrogens is 404 g/mol. The van der Waals surface area contributed by atoms with Crippen LogP contribution in [0.1, 0.15) is 10.4 Å². The maximum Gasteiger partial charge on any atom is 0.259 e. The Hall–Kier alpha value is -1.64. The third kappa shape index (κ3) is 3.72. The van der Waals surface area contributed by atoms with Crippen LogP contribution in [0.15, 0.2) is 39.4 Å². The van der Waals surface area contributed by atoms with Crippen LogP contribution in [0.25, 0.3) is 0 Å². The highest BCUT2D eigenvalue weighted by molar-refractivity contribution is 9.10. The number of aromatic nitrogens is 1. The molecule has 0 aliphatic carbocycles. The zero-order valence-corrected chi connectivity index (χ0v) is 14.2. The molecule has 21 heavy (non-hydrogen) atoms. The molecule has 1 aromatic carbocycles. The summed E-state index contributed by atoms with van der Waals surface area (Å²) in [5.41, 5.74) is 3.25. The van der Waals surface area contributed by atoms with Gasteiger partial charge in [0.25, 0.3) is 5.91 Å². The minimum Gasteiger partial charge on any atom is -0.495 e. The van der Waals surface area contributed by atoms with Crippen molar-refractivity contribution in [2.24, 2.45) is 5.84 Å². The quantitative estimate of drug-likeness (QED) is 0.527. The van der Waals surface area contributed by atoms with Gasteiger partial charge in [-0.1, -0.05) is 15.9 Å². The maximum atomic E-state index is 12.4. The highest BCUT2D eigenvalue weighted by atomic mass is 79.9. The van der Waals surface area contributed by atoms with E-state index in [4.69, 9.17) is 10.6 Å². The second-order valence-corrected chi connectivity index (χ2v) is 5.82. The lowest BCUT2D eigenvalue weighted by Crippen LogP contribution is -2.18. The average Bonchev–Trinajstić information content (AvgIpc) is 2.47. The van der Waals surface area contributed by atoms with Crippen molar-refractivity contribution in [3.8, 4) is 5.75 Å². The van der Waals surface area contributed by atoms with E-state index in [2.05, 4.69) is 47.6 Å². The normalized spacial score (nSPS) is 10.1. The second kappa shape index (κ2) is 6.88. The second-order valence-electron chi connectivity index (χ2n) is 3.99. The van der Waals surface area contributed by atoms with E-state index in [0.29, 0.717) is 21.5 Å². The van der Waals surface area contributed by atoms with Gasteiger partial charge in [0, 0.05) is 15.1 Å². The minimum absolute atomic E-state index is 0.282. The number of hydrazine groups is 1. The Kier molecular flexibility index (Phi) is 5.16. The van der Waals surface area contributed by atoms with Crippen molar-refractivity contribution in [3.63, 3.8) is 0 Å². The summed E-state index contributed by atoms with van der Waals surface area (Å²) in [4.78, 5) is 16.4. The van der Waals surface area contributed by atoms with Crippen LogP contribution in [0, 0.1) is 0 Å². The number of benzene rings is 1. The van der Waals surface area contributed by atoms with Crippen molar-refractivity contribution in [3.05, 3.63) is 45.0 Å². The fourth-order valence-electron chi connectivity index (χ4n) is 1.69. The van der Waals surface area contributed by atoms with Crippen molar-refractivity contribution in [2.75, 3.05) is 17.9 Å². The van der Waals surface area contributed by atoms with Gasteiger partial charge in [0.2, 0.25) is 0 Å². The number of amides is 1. The van der Waals surface area contributed by atoms with Crippen LogP contribution in [0.5, 0.6) is 5.75 Å². The molecule has 6 nitrogen and oxygen atoms in total. The van der Waals surface area contributed by atoms with Crippen LogP contribution in [-0.2, 0) is 0 Å². The Balaban J connectivity index is 2.34. The number of nitrogens with two attached hydrogens (primary N) is 1. The number of rotatable bonds is 4. The third-order valence-corrected chi connectivity index (χ3v) is 3.57. The number of carbonyl (C=O) groups excluding carboxylic acids is 1. The zero-order valence-electron chi connectivity index (χ0n) is 11.0. The predicted molar refractivity (Wildman–Crippen MR) is 88.4 cm³/mol. The van der Waals surface area contributed by atoms with Crippen molar-refractivity contribution in [2.45, 2.75) is 0 Å². The molecule has 2 rings (SSSR count). The number of hydrogen-bond acceptors (Lipinski definition) is 5. The summed E-state index contributed by atoms with van der Waals surface area (Å²) >= 11 is 6.63. The SMILES string of the molecule is COc1ccc(Br)cc1NC(=O)c1cc(Br)cnc1NN. The lowest BCUT2D eigenvalue weighted by Gasteiger charge is -2.12. The molecular formula is C13H12Br2N4O2. The molecule has 0 saturated heterocycles. The number of hydrogen-bond donors (Lipinski definition) is 3. The number of methoxy groups -OCH3 is 1. The number of pyridine rings is 1. The summed E-state index contributed by atoms with van der Waals surface area (Å²) in [5, 5.41) is 2.77. The standard InChI is InChI=1S/C13H12Br2N4O2/c1-21-11-3-2-7(14)5-10(11)18-13(20)9-4-8(15)6-17-12(9)19-16/h2-6H,16H2,1H3,(H,17,19)(H,18,20). The molecule has 0 fully saturated rings. The number of halogens is 2. The summed E-state index contributed by atoms with van der Waals surface area (Å²) in [6.45, 7) is 0. The Morgan fingerprint density at radius 2 is 2.05 bits per heavy atom. The van der Waals surface area contributed by atoms with Gasteiger partial charge >= 0.3 is 0 Å². The monoisotopic (exact) mass is 414 g/mol. The van der Waals surface area contributed by atoms with Crippen molar-refractivity contribution < 1.29 is 9.53 Å². The van der Waals surface area contributed by atoms with E-state index in [9.17, 15) is 4.79 Å². The van der Waals surface area contributed by atoms with Crippen LogP contribution in [0.2, 0.25) is 0 Å². The largest absolute Gasteiger partial charge is 0.495 e. The van der Waals surface area contributed by atoms with E-state index in [1.54, 1.807) is 24.4 Å². The zero-order chi connectivity index (χ0) is 15.4. The van der Waals surface area contributed by atoms with E-state index < -0.39 is 0 Å². The lowest BCUT2D eigenvalue weighted by molar-refractivity contribution is 0.102. The number of ether oxygens (including phenoxy) is 1. The number of nitrogens with one attached hydrogen (secondary N) is 2. The number of nitrogens with zero attached hydrogens (tertiary/aromatic N) is 1. The third-order valence-electron chi connectivity index (χ3n) is 2.65. The molecule has 1 amide bonds. The van der Waals surface area contributed by atoms with Crippen LogP contribution >= 0.6 is 31.9 Å². The summed E-state index contributed by atoms with van der Waals surface area (Å²) in [6, 6.07) is 6.95. The van der Waals surface area contributed by atoms with E-state index >= 15 is 0 Å². The smallest absolute Gasteiger partial charge is 0.259 e. The highest BCUT2D eigenvalue weighted by Gasteiger charge is 2.15. The fraction of sp³-hybridized carbons (Fsp3) is 0.0769. The lowest BCUT2D eigenvalue weighted by atomic mass is 10.2. The molecule has 0 saturated carbocycles. The molecule has 0 aliphatic heterocycles. The summed E-state index contributed by atoms with van der Waals surface area (Å²) < 4.78 is 6.71. The highest BCUT2D eigenvalue weighted by Crippen LogP contribution is 2.29. The Morgan fingerprint density at radius 1 is 1.29 bits per heavy atom. The van der Waals surface area contributed by atoms with Gasteiger partial charge in [0.05, 0.1) is 18.4 Å². The van der Waals surface area contributed by atoms with Crippen molar-refractivity contribution >= 4 is 49.3 Å².